The third-order valence-corrected chi connectivity index (χ3v) is 5.26. The average molecular weight is 295 g/mol. The molecule has 0 unspecified atom stereocenters. The fraction of sp³-hybridized carbons (Fsp3) is 0.941. The summed E-state index contributed by atoms with van der Waals surface area (Å²) in [7, 11) is 0. The number of nitrogens with one attached hydrogen (secondary N) is 1. The van der Waals surface area contributed by atoms with E-state index in [1.807, 2.05) is 20.8 Å². The average Bonchev–Trinajstić information content (AvgIpc) is 3.13. The molecular weight excluding hydrogens is 266 g/mol. The fourth-order valence-corrected chi connectivity index (χ4v) is 3.83. The lowest BCUT2D eigenvalue weighted by atomic mass is 9.79. The van der Waals surface area contributed by atoms with Gasteiger partial charge in [0.1, 0.15) is 5.60 Å². The first-order chi connectivity index (χ1) is 9.85. The van der Waals surface area contributed by atoms with Crippen LogP contribution in [0.15, 0.2) is 0 Å². The molecule has 0 bridgehead atoms. The van der Waals surface area contributed by atoms with Crippen LogP contribution in [0.4, 0.5) is 4.79 Å². The van der Waals surface area contributed by atoms with E-state index in [4.69, 9.17) is 9.47 Å². The molecule has 1 saturated heterocycles. The Morgan fingerprint density at radius 3 is 2.48 bits per heavy atom. The number of amides is 1. The molecule has 21 heavy (non-hydrogen) atoms. The van der Waals surface area contributed by atoms with Gasteiger partial charge in [-0.05, 0) is 77.6 Å². The highest BCUT2D eigenvalue weighted by atomic mass is 16.6. The second-order valence-corrected chi connectivity index (χ2v) is 8.21. The molecule has 2 atom stereocenters. The Morgan fingerprint density at radius 1 is 1.14 bits per heavy atom. The maximum atomic E-state index is 11.8. The summed E-state index contributed by atoms with van der Waals surface area (Å²) in [5.41, 5.74) is -0.315. The number of alkyl carbamates (subject to hydrolysis) is 1. The minimum atomic E-state index is -0.425. The normalized spacial score (nSPS) is 39.3. The molecule has 2 saturated carbocycles. The zero-order valence-electron chi connectivity index (χ0n) is 13.6. The number of ether oxygens (including phenoxy) is 2. The maximum Gasteiger partial charge on any atom is 0.407 e. The van der Waals surface area contributed by atoms with Crippen LogP contribution in [0.3, 0.4) is 0 Å². The smallest absolute Gasteiger partial charge is 0.407 e. The van der Waals surface area contributed by atoms with E-state index in [-0.39, 0.29) is 17.7 Å². The zero-order chi connectivity index (χ0) is 15.1. The van der Waals surface area contributed by atoms with E-state index in [0.717, 1.165) is 44.1 Å². The van der Waals surface area contributed by atoms with Crippen molar-refractivity contribution in [3.05, 3.63) is 0 Å². The van der Waals surface area contributed by atoms with Gasteiger partial charge in [-0.15, -0.1) is 0 Å². The lowest BCUT2D eigenvalue weighted by molar-refractivity contribution is -0.0779. The topological polar surface area (TPSA) is 47.6 Å². The van der Waals surface area contributed by atoms with Gasteiger partial charge in [-0.2, -0.15) is 0 Å². The zero-order valence-corrected chi connectivity index (χ0v) is 13.6. The van der Waals surface area contributed by atoms with Crippen LogP contribution >= 0.6 is 0 Å². The number of carbonyl (C=O) groups is 1. The number of rotatable bonds is 1. The molecule has 1 N–H and O–H groups in total. The van der Waals surface area contributed by atoms with Crippen LogP contribution < -0.4 is 5.32 Å². The van der Waals surface area contributed by atoms with Crippen molar-refractivity contribution in [3.63, 3.8) is 0 Å². The van der Waals surface area contributed by atoms with Gasteiger partial charge in [0.25, 0.3) is 0 Å². The van der Waals surface area contributed by atoms with Crippen LogP contribution in [0.2, 0.25) is 0 Å². The minimum absolute atomic E-state index is 0.111. The first-order valence-corrected chi connectivity index (χ1v) is 8.49. The number of hydrogen-bond donors (Lipinski definition) is 1. The van der Waals surface area contributed by atoms with Crippen LogP contribution in [-0.2, 0) is 9.47 Å². The van der Waals surface area contributed by atoms with Crippen molar-refractivity contribution in [2.24, 2.45) is 11.8 Å². The van der Waals surface area contributed by atoms with E-state index in [2.05, 4.69) is 5.32 Å². The van der Waals surface area contributed by atoms with Crippen LogP contribution in [0, 0.1) is 11.8 Å². The van der Waals surface area contributed by atoms with Crippen molar-refractivity contribution in [2.45, 2.75) is 83.0 Å². The van der Waals surface area contributed by atoms with Crippen molar-refractivity contribution in [1.82, 2.24) is 5.32 Å². The minimum Gasteiger partial charge on any atom is -0.444 e. The van der Waals surface area contributed by atoms with Gasteiger partial charge < -0.3 is 14.8 Å². The van der Waals surface area contributed by atoms with Gasteiger partial charge in [0.05, 0.1) is 12.2 Å². The molecule has 0 radical (unpaired) electrons. The first kappa shape index (κ1) is 15.1. The van der Waals surface area contributed by atoms with Gasteiger partial charge in [0, 0.05) is 6.04 Å². The molecule has 0 aromatic rings. The third-order valence-electron chi connectivity index (χ3n) is 5.26. The molecule has 3 fully saturated rings. The quantitative estimate of drug-likeness (QED) is 0.803. The highest BCUT2D eigenvalue weighted by molar-refractivity contribution is 5.68. The Labute approximate surface area is 127 Å². The van der Waals surface area contributed by atoms with Crippen molar-refractivity contribution < 1.29 is 14.3 Å². The van der Waals surface area contributed by atoms with Crippen molar-refractivity contribution in [2.75, 3.05) is 6.61 Å². The molecule has 2 aliphatic carbocycles. The summed E-state index contributed by atoms with van der Waals surface area (Å²) < 4.78 is 11.6. The Hall–Kier alpha value is -0.770. The van der Waals surface area contributed by atoms with E-state index >= 15 is 0 Å². The van der Waals surface area contributed by atoms with E-state index in [9.17, 15) is 4.79 Å². The molecule has 120 valence electrons. The predicted octanol–water partition coefficient (Wildman–Crippen LogP) is 3.64. The molecule has 4 heteroatoms. The lowest BCUT2D eigenvalue weighted by Gasteiger charge is -2.40. The summed E-state index contributed by atoms with van der Waals surface area (Å²) in [6.07, 6.45) is 7.83. The summed E-state index contributed by atoms with van der Waals surface area (Å²) in [5.74, 6) is 1.80. The molecule has 3 rings (SSSR count). The summed E-state index contributed by atoms with van der Waals surface area (Å²) in [6.45, 7) is 6.65. The Bertz CT molecular complexity index is 379. The van der Waals surface area contributed by atoms with Gasteiger partial charge >= 0.3 is 6.09 Å². The van der Waals surface area contributed by atoms with Crippen LogP contribution in [0.25, 0.3) is 0 Å². The Kier molecular flexibility index (Phi) is 3.93. The summed E-state index contributed by atoms with van der Waals surface area (Å²) in [6, 6.07) is 0.242. The molecule has 0 aromatic heterocycles. The largest absolute Gasteiger partial charge is 0.444 e. The van der Waals surface area contributed by atoms with Crippen molar-refractivity contribution in [1.29, 1.82) is 0 Å². The van der Waals surface area contributed by atoms with E-state index in [1.165, 1.54) is 19.3 Å². The number of carbonyl (C=O) groups excluding carboxylic acids is 1. The van der Waals surface area contributed by atoms with Crippen molar-refractivity contribution >= 4 is 6.09 Å². The van der Waals surface area contributed by atoms with Gasteiger partial charge in [-0.3, -0.25) is 0 Å². The van der Waals surface area contributed by atoms with Gasteiger partial charge in [-0.25, -0.2) is 4.79 Å². The standard InChI is InChI=1S/C17H29NO3/c1-16(2,3)21-15(19)18-14-5-8-17(9-6-14)7-4-12-10-13(12)11-20-17/h12-14H,4-11H2,1-3H3,(H,18,19)/t12-,13+,14?,17?/m1/s1. The molecule has 4 nitrogen and oxygen atoms in total. The molecule has 1 amide bonds. The van der Waals surface area contributed by atoms with Crippen LogP contribution in [0.5, 0.6) is 0 Å². The Balaban J connectivity index is 1.45. The van der Waals surface area contributed by atoms with E-state index < -0.39 is 5.60 Å². The van der Waals surface area contributed by atoms with E-state index in [0.29, 0.717) is 0 Å². The second kappa shape index (κ2) is 5.45. The van der Waals surface area contributed by atoms with Crippen LogP contribution in [-0.4, -0.2) is 29.9 Å². The lowest BCUT2D eigenvalue weighted by Crippen LogP contribution is -2.46. The number of hydrogen-bond acceptors (Lipinski definition) is 3. The summed E-state index contributed by atoms with van der Waals surface area (Å²) in [4.78, 5) is 11.8. The second-order valence-electron chi connectivity index (χ2n) is 8.21. The monoisotopic (exact) mass is 295 g/mol. The SMILES string of the molecule is CC(C)(C)OC(=O)NC1CCC2(CC1)CC[C@@H]1C[C@H]1CO2. The molecule has 1 heterocycles. The number of fused-ring (bicyclic) bond motifs is 1. The maximum absolute atomic E-state index is 11.8. The van der Waals surface area contributed by atoms with Crippen LogP contribution in [0.1, 0.15) is 65.7 Å². The predicted molar refractivity (Wildman–Crippen MR) is 81.1 cm³/mol. The molecular formula is C17H29NO3. The van der Waals surface area contributed by atoms with Gasteiger partial charge in [-0.1, -0.05) is 0 Å². The fourth-order valence-electron chi connectivity index (χ4n) is 3.83. The third kappa shape index (κ3) is 3.91. The molecule has 1 spiro atoms. The first-order valence-electron chi connectivity index (χ1n) is 8.49. The van der Waals surface area contributed by atoms with E-state index in [1.54, 1.807) is 0 Å². The molecule has 3 aliphatic rings. The molecule has 1 aliphatic heterocycles. The highest BCUT2D eigenvalue weighted by Crippen LogP contribution is 2.49. The van der Waals surface area contributed by atoms with Crippen molar-refractivity contribution in [3.8, 4) is 0 Å². The highest BCUT2D eigenvalue weighted by Gasteiger charge is 2.46. The summed E-state index contributed by atoms with van der Waals surface area (Å²) >= 11 is 0. The van der Waals surface area contributed by atoms with Gasteiger partial charge in [0.15, 0.2) is 0 Å². The Morgan fingerprint density at radius 2 is 1.81 bits per heavy atom. The van der Waals surface area contributed by atoms with Gasteiger partial charge in [0.2, 0.25) is 0 Å². The summed E-state index contributed by atoms with van der Waals surface area (Å²) in [5, 5.41) is 3.01. The molecule has 0 aromatic carbocycles.